The monoisotopic (exact) mass is 498 g/mol. The quantitative estimate of drug-likeness (QED) is 0.497. The molecule has 1 aromatic heterocycles. The first-order valence-corrected chi connectivity index (χ1v) is 12.0. The summed E-state index contributed by atoms with van der Waals surface area (Å²) in [4.78, 5) is 33.7. The number of carbonyl (C=O) groups is 1. The minimum absolute atomic E-state index is 0.111. The van der Waals surface area contributed by atoms with Gasteiger partial charge in [0, 0.05) is 59.3 Å². The third-order valence-electron chi connectivity index (χ3n) is 7.02. The van der Waals surface area contributed by atoms with Gasteiger partial charge in [-0.15, -0.1) is 0 Å². The van der Waals surface area contributed by atoms with Crippen LogP contribution in [-0.2, 0) is 17.8 Å². The molecule has 2 atom stereocenters. The van der Waals surface area contributed by atoms with Gasteiger partial charge in [0.2, 0.25) is 5.91 Å². The van der Waals surface area contributed by atoms with Gasteiger partial charge in [-0.2, -0.15) is 4.98 Å². The van der Waals surface area contributed by atoms with Gasteiger partial charge in [0.1, 0.15) is 17.5 Å². The number of aromatic nitrogens is 2. The first kappa shape index (κ1) is 23.5. The molecule has 0 N–H and O–H groups in total. The first-order valence-electron chi connectivity index (χ1n) is 11.6. The third-order valence-corrected chi connectivity index (χ3v) is 7.32. The molecule has 1 fully saturated rings. The number of hydrogen-bond donors (Lipinski definition) is 0. The van der Waals surface area contributed by atoms with E-state index in [4.69, 9.17) is 11.6 Å². The van der Waals surface area contributed by atoms with Crippen LogP contribution in [-0.4, -0.2) is 45.5 Å². The number of aryl methyl sites for hydroxylation is 2. The molecule has 2 aliphatic heterocycles. The van der Waals surface area contributed by atoms with Crippen molar-refractivity contribution in [1.29, 1.82) is 0 Å². The van der Waals surface area contributed by atoms with Gasteiger partial charge in [-0.3, -0.25) is 9.36 Å². The Balaban J connectivity index is 1.72. The van der Waals surface area contributed by atoms with Crippen molar-refractivity contribution in [2.45, 2.75) is 45.3 Å². The Bertz CT molecular complexity index is 1440. The maximum Gasteiger partial charge on any atom is 0.350 e. The van der Waals surface area contributed by atoms with Crippen molar-refractivity contribution >= 4 is 34.2 Å². The molecule has 0 radical (unpaired) electrons. The topological polar surface area (TPSA) is 58.4 Å². The van der Waals surface area contributed by atoms with Crippen LogP contribution in [0.2, 0.25) is 5.02 Å². The summed E-state index contributed by atoms with van der Waals surface area (Å²) in [6, 6.07) is 4.91. The summed E-state index contributed by atoms with van der Waals surface area (Å²) < 4.78 is 30.0. The van der Waals surface area contributed by atoms with E-state index in [1.807, 2.05) is 18.7 Å². The fourth-order valence-electron chi connectivity index (χ4n) is 5.39. The Hall–Kier alpha value is -3.26. The van der Waals surface area contributed by atoms with E-state index in [-0.39, 0.29) is 29.2 Å². The molecule has 2 aromatic carbocycles. The fraction of sp³-hybridized carbons (Fsp3) is 0.346. The molecule has 0 bridgehead atoms. The van der Waals surface area contributed by atoms with Crippen LogP contribution in [0.4, 0.5) is 14.6 Å². The normalized spacial score (nSPS) is 19.8. The number of piperazine rings is 1. The molecule has 2 aliphatic rings. The first-order chi connectivity index (χ1) is 16.7. The molecule has 0 aliphatic carbocycles. The van der Waals surface area contributed by atoms with Gasteiger partial charge in [-0.25, -0.2) is 13.6 Å². The second-order valence-corrected chi connectivity index (χ2v) is 9.66. The minimum atomic E-state index is -0.707. The highest BCUT2D eigenvalue weighted by molar-refractivity contribution is 6.34. The molecule has 182 valence electrons. The maximum atomic E-state index is 14.8. The number of nitrogens with zero attached hydrogens (tertiary/aromatic N) is 4. The lowest BCUT2D eigenvalue weighted by atomic mass is 9.91. The van der Waals surface area contributed by atoms with E-state index in [1.54, 1.807) is 15.5 Å². The summed E-state index contributed by atoms with van der Waals surface area (Å²) in [6.45, 7) is 8.94. The largest absolute Gasteiger partial charge is 0.350 e. The Morgan fingerprint density at radius 1 is 1.20 bits per heavy atom. The number of halogens is 3. The fourth-order valence-corrected chi connectivity index (χ4v) is 5.72. The minimum Gasteiger partial charge on any atom is -0.349 e. The Morgan fingerprint density at radius 2 is 1.97 bits per heavy atom. The van der Waals surface area contributed by atoms with Crippen LogP contribution in [0.3, 0.4) is 0 Å². The molecule has 0 unspecified atom stereocenters. The molecule has 6 nitrogen and oxygen atoms in total. The van der Waals surface area contributed by atoms with Crippen molar-refractivity contribution in [1.82, 2.24) is 14.5 Å². The van der Waals surface area contributed by atoms with E-state index in [1.165, 1.54) is 18.2 Å². The van der Waals surface area contributed by atoms with Crippen molar-refractivity contribution in [2.24, 2.45) is 0 Å². The second kappa shape index (κ2) is 8.75. The molecule has 3 heterocycles. The van der Waals surface area contributed by atoms with E-state index in [2.05, 4.69) is 11.6 Å². The molecule has 1 saturated heterocycles. The zero-order chi connectivity index (χ0) is 25.0. The summed E-state index contributed by atoms with van der Waals surface area (Å²) in [5.74, 6) is -1.01. The number of carbonyl (C=O) groups excluding carboxylic acids is 1. The van der Waals surface area contributed by atoms with Gasteiger partial charge >= 0.3 is 5.69 Å². The van der Waals surface area contributed by atoms with Crippen molar-refractivity contribution in [3.63, 3.8) is 0 Å². The Labute approximate surface area is 206 Å². The van der Waals surface area contributed by atoms with E-state index in [0.717, 1.165) is 11.6 Å². The van der Waals surface area contributed by atoms with Crippen LogP contribution >= 0.6 is 11.6 Å². The van der Waals surface area contributed by atoms with Gasteiger partial charge in [0.05, 0.1) is 5.52 Å². The van der Waals surface area contributed by atoms with E-state index in [9.17, 15) is 18.4 Å². The average molecular weight is 499 g/mol. The van der Waals surface area contributed by atoms with Crippen LogP contribution < -0.4 is 10.6 Å². The Kier molecular flexibility index (Phi) is 5.87. The van der Waals surface area contributed by atoms with Crippen LogP contribution in [0.15, 0.2) is 41.7 Å². The predicted molar refractivity (Wildman–Crippen MR) is 133 cm³/mol. The Morgan fingerprint density at radius 3 is 2.69 bits per heavy atom. The maximum absolute atomic E-state index is 14.8. The third kappa shape index (κ3) is 3.80. The standard InChI is InChI=1S/C26H25ClF2N4O2/c1-4-22(34)32-12-15(3)33(13-14(32)2)25-19-11-20(27)23(17-8-7-16(28)10-21(17)29)18-6-5-9-31(24(18)19)26(35)30-25/h4,7-8,10-11,14-15H,1,5-6,9,12-13H2,2-3H3/t14-,15+/m1/s1. The van der Waals surface area contributed by atoms with Gasteiger partial charge in [-0.05, 0) is 56.5 Å². The summed E-state index contributed by atoms with van der Waals surface area (Å²) >= 11 is 6.75. The smallest absolute Gasteiger partial charge is 0.349 e. The highest BCUT2D eigenvalue weighted by Crippen LogP contribution is 2.42. The molecule has 35 heavy (non-hydrogen) atoms. The summed E-state index contributed by atoms with van der Waals surface area (Å²) in [5, 5.41) is 1.02. The molecule has 5 rings (SSSR count). The number of hydrogen-bond acceptors (Lipinski definition) is 4. The number of benzene rings is 2. The van der Waals surface area contributed by atoms with E-state index < -0.39 is 11.6 Å². The highest BCUT2D eigenvalue weighted by atomic mass is 35.5. The number of amides is 1. The second-order valence-electron chi connectivity index (χ2n) is 9.25. The van der Waals surface area contributed by atoms with Gasteiger partial charge in [0.15, 0.2) is 0 Å². The summed E-state index contributed by atoms with van der Waals surface area (Å²) in [6.07, 6.45) is 2.58. The van der Waals surface area contributed by atoms with Crippen molar-refractivity contribution in [3.8, 4) is 11.1 Å². The molecule has 0 saturated carbocycles. The lowest BCUT2D eigenvalue weighted by Crippen LogP contribution is -2.58. The zero-order valence-electron chi connectivity index (χ0n) is 19.5. The number of rotatable bonds is 3. The number of anilines is 1. The van der Waals surface area contributed by atoms with Crippen molar-refractivity contribution in [3.05, 3.63) is 69.6 Å². The molecular formula is C26H25ClF2N4O2. The zero-order valence-corrected chi connectivity index (χ0v) is 20.3. The van der Waals surface area contributed by atoms with Gasteiger partial charge in [-0.1, -0.05) is 18.2 Å². The predicted octanol–water partition coefficient (Wildman–Crippen LogP) is 4.55. The molecule has 3 aromatic rings. The van der Waals surface area contributed by atoms with Gasteiger partial charge in [0.25, 0.3) is 0 Å². The molecule has 9 heteroatoms. The van der Waals surface area contributed by atoms with Crippen molar-refractivity contribution < 1.29 is 13.6 Å². The SMILES string of the molecule is C=CC(=O)N1C[C@H](C)N(c2nc(=O)n3c4c(c(-c5ccc(F)cc5F)c(Cl)cc24)CCC3)C[C@H]1C. The lowest BCUT2D eigenvalue weighted by Gasteiger charge is -2.44. The van der Waals surface area contributed by atoms with E-state index in [0.29, 0.717) is 59.8 Å². The molecule has 0 spiro atoms. The van der Waals surface area contributed by atoms with Crippen LogP contribution in [0.1, 0.15) is 25.8 Å². The highest BCUT2D eigenvalue weighted by Gasteiger charge is 2.34. The van der Waals surface area contributed by atoms with Crippen LogP contribution in [0, 0.1) is 11.6 Å². The molecule has 1 amide bonds. The van der Waals surface area contributed by atoms with Gasteiger partial charge < -0.3 is 9.80 Å². The van der Waals surface area contributed by atoms with E-state index >= 15 is 0 Å². The lowest BCUT2D eigenvalue weighted by molar-refractivity contribution is -0.128. The molecular weight excluding hydrogens is 474 g/mol. The van der Waals surface area contributed by atoms with Crippen molar-refractivity contribution in [2.75, 3.05) is 18.0 Å². The summed E-state index contributed by atoms with van der Waals surface area (Å²) in [7, 11) is 0. The van der Waals surface area contributed by atoms with Crippen LogP contribution in [0.25, 0.3) is 22.0 Å². The van der Waals surface area contributed by atoms with Crippen LogP contribution in [0.5, 0.6) is 0 Å². The summed E-state index contributed by atoms with van der Waals surface area (Å²) in [5.41, 5.74) is 1.73. The average Bonchev–Trinajstić information content (AvgIpc) is 2.83.